The number of aromatic nitrogens is 1. The summed E-state index contributed by atoms with van der Waals surface area (Å²) in [5.74, 6) is 0.747. The summed E-state index contributed by atoms with van der Waals surface area (Å²) in [5.41, 5.74) is 2.20. The number of methoxy groups -OCH3 is 1. The lowest BCUT2D eigenvalue weighted by molar-refractivity contribution is -0.118. The highest BCUT2D eigenvalue weighted by atomic mass is 16.5. The summed E-state index contributed by atoms with van der Waals surface area (Å²) in [4.78, 5) is 14.4. The summed E-state index contributed by atoms with van der Waals surface area (Å²) in [6.07, 6.45) is 0.205. The fourth-order valence-corrected chi connectivity index (χ4v) is 2.57. The van der Waals surface area contributed by atoms with Gasteiger partial charge >= 0.3 is 0 Å². The molecule has 118 valence electrons. The van der Waals surface area contributed by atoms with Gasteiger partial charge in [-0.25, -0.2) is 0 Å². The van der Waals surface area contributed by atoms with E-state index in [1.807, 2.05) is 55.5 Å². The molecule has 0 saturated heterocycles. The van der Waals surface area contributed by atoms with Gasteiger partial charge in [-0.3, -0.25) is 4.79 Å². The minimum atomic E-state index is -0.0169. The first kappa shape index (κ1) is 15.1. The second-order valence-electron chi connectivity index (χ2n) is 5.14. The highest BCUT2D eigenvalue weighted by Gasteiger charge is 2.18. The second kappa shape index (κ2) is 6.52. The molecule has 5 heteroatoms. The van der Waals surface area contributed by atoms with Gasteiger partial charge in [0.1, 0.15) is 11.4 Å². The zero-order valence-corrected chi connectivity index (χ0v) is 13.2. The maximum absolute atomic E-state index is 12.7. The first-order valence-corrected chi connectivity index (χ1v) is 7.50. The summed E-state index contributed by atoms with van der Waals surface area (Å²) < 4.78 is 10.4. The smallest absolute Gasteiger partial charge is 0.233 e. The molecule has 0 atom stereocenters. The van der Waals surface area contributed by atoms with Gasteiger partial charge in [-0.2, -0.15) is 0 Å². The Bertz CT molecular complexity index is 809. The van der Waals surface area contributed by atoms with Crippen molar-refractivity contribution in [2.45, 2.75) is 13.3 Å². The molecule has 2 aromatic carbocycles. The number of carbonyl (C=O) groups is 1. The maximum atomic E-state index is 12.7. The van der Waals surface area contributed by atoms with Crippen molar-refractivity contribution in [3.8, 4) is 5.75 Å². The average molecular weight is 310 g/mol. The van der Waals surface area contributed by atoms with E-state index in [0.29, 0.717) is 17.8 Å². The van der Waals surface area contributed by atoms with Crippen molar-refractivity contribution in [1.29, 1.82) is 0 Å². The number of fused-ring (bicyclic) bond motifs is 1. The van der Waals surface area contributed by atoms with Gasteiger partial charge in [0.15, 0.2) is 5.58 Å². The number of ether oxygens (including phenoxy) is 1. The van der Waals surface area contributed by atoms with Crippen LogP contribution >= 0.6 is 0 Å². The first-order valence-electron chi connectivity index (χ1n) is 7.50. The minimum Gasteiger partial charge on any atom is -0.497 e. The summed E-state index contributed by atoms with van der Waals surface area (Å²) in [6, 6.07) is 15.0. The molecule has 5 nitrogen and oxygen atoms in total. The molecule has 0 aliphatic rings. The van der Waals surface area contributed by atoms with Crippen molar-refractivity contribution in [3.05, 3.63) is 54.2 Å². The Morgan fingerprint density at radius 2 is 1.91 bits per heavy atom. The first-order chi connectivity index (χ1) is 11.2. The van der Waals surface area contributed by atoms with Crippen LogP contribution in [0.5, 0.6) is 5.75 Å². The molecule has 0 radical (unpaired) electrons. The Hall–Kier alpha value is -2.82. The van der Waals surface area contributed by atoms with E-state index >= 15 is 0 Å². The number of rotatable bonds is 5. The number of hydrogen-bond acceptors (Lipinski definition) is 4. The van der Waals surface area contributed by atoms with Gasteiger partial charge in [0, 0.05) is 17.6 Å². The molecule has 23 heavy (non-hydrogen) atoms. The molecule has 0 spiro atoms. The maximum Gasteiger partial charge on any atom is 0.233 e. The summed E-state index contributed by atoms with van der Waals surface area (Å²) in [6.45, 7) is 2.53. The van der Waals surface area contributed by atoms with E-state index in [0.717, 1.165) is 16.8 Å². The second-order valence-corrected chi connectivity index (χ2v) is 5.14. The van der Waals surface area contributed by atoms with E-state index < -0.39 is 0 Å². The zero-order chi connectivity index (χ0) is 16.2. The Labute approximate surface area is 134 Å². The number of hydrogen-bond donors (Lipinski definition) is 0. The molecule has 0 bridgehead atoms. The molecule has 3 rings (SSSR count). The quantitative estimate of drug-likeness (QED) is 0.724. The lowest BCUT2D eigenvalue weighted by Gasteiger charge is -2.20. The van der Waals surface area contributed by atoms with Crippen LogP contribution in [0.3, 0.4) is 0 Å². The van der Waals surface area contributed by atoms with Crippen LogP contribution in [0.15, 0.2) is 53.1 Å². The van der Waals surface area contributed by atoms with Crippen molar-refractivity contribution in [2.24, 2.45) is 0 Å². The number of amides is 1. The van der Waals surface area contributed by atoms with E-state index in [2.05, 4.69) is 5.16 Å². The summed E-state index contributed by atoms with van der Waals surface area (Å²) in [5, 5.41) is 4.91. The third-order valence-corrected chi connectivity index (χ3v) is 3.77. The molecule has 0 aliphatic heterocycles. The third-order valence-electron chi connectivity index (χ3n) is 3.77. The predicted octanol–water partition coefficient (Wildman–Crippen LogP) is 3.43. The van der Waals surface area contributed by atoms with Crippen molar-refractivity contribution >= 4 is 22.6 Å². The van der Waals surface area contributed by atoms with Crippen molar-refractivity contribution < 1.29 is 14.1 Å². The molecule has 0 aliphatic carbocycles. The molecule has 3 aromatic rings. The van der Waals surface area contributed by atoms with Crippen LogP contribution in [-0.4, -0.2) is 24.7 Å². The summed E-state index contributed by atoms with van der Waals surface area (Å²) >= 11 is 0. The molecule has 0 fully saturated rings. The minimum absolute atomic E-state index is 0.0169. The number of carbonyl (C=O) groups excluding carboxylic acids is 1. The van der Waals surface area contributed by atoms with Crippen LogP contribution in [0, 0.1) is 0 Å². The van der Waals surface area contributed by atoms with Gasteiger partial charge in [0.05, 0.1) is 13.5 Å². The third kappa shape index (κ3) is 3.04. The van der Waals surface area contributed by atoms with Crippen LogP contribution in [-0.2, 0) is 11.2 Å². The lowest BCUT2D eigenvalue weighted by Crippen LogP contribution is -2.32. The molecule has 0 saturated carbocycles. The van der Waals surface area contributed by atoms with Gasteiger partial charge in [-0.15, -0.1) is 0 Å². The Morgan fingerprint density at radius 1 is 1.17 bits per heavy atom. The number of para-hydroxylation sites is 1. The normalized spacial score (nSPS) is 10.7. The Kier molecular flexibility index (Phi) is 4.28. The lowest BCUT2D eigenvalue weighted by atomic mass is 10.1. The van der Waals surface area contributed by atoms with Crippen LogP contribution in [0.25, 0.3) is 11.0 Å². The number of likely N-dealkylation sites (N-methyl/N-ethyl adjacent to an activating group) is 1. The summed E-state index contributed by atoms with van der Waals surface area (Å²) in [7, 11) is 1.62. The van der Waals surface area contributed by atoms with Crippen LogP contribution in [0.2, 0.25) is 0 Å². The SMILES string of the molecule is CCN(C(=O)Cc1noc2ccccc12)c1ccc(OC)cc1. The molecule has 0 unspecified atom stereocenters. The van der Waals surface area contributed by atoms with Gasteiger partial charge in [-0.1, -0.05) is 17.3 Å². The van der Waals surface area contributed by atoms with Crippen LogP contribution in [0.1, 0.15) is 12.6 Å². The van der Waals surface area contributed by atoms with E-state index in [-0.39, 0.29) is 12.3 Å². The molecule has 0 N–H and O–H groups in total. The number of nitrogens with zero attached hydrogens (tertiary/aromatic N) is 2. The van der Waals surface area contributed by atoms with Gasteiger partial charge in [-0.05, 0) is 43.3 Å². The largest absolute Gasteiger partial charge is 0.497 e. The topological polar surface area (TPSA) is 55.6 Å². The fraction of sp³-hybridized carbons (Fsp3) is 0.222. The highest BCUT2D eigenvalue weighted by Crippen LogP contribution is 2.22. The predicted molar refractivity (Wildman–Crippen MR) is 88.7 cm³/mol. The number of benzene rings is 2. The molecule has 1 amide bonds. The number of anilines is 1. The average Bonchev–Trinajstić information content (AvgIpc) is 2.99. The Balaban J connectivity index is 1.82. The van der Waals surface area contributed by atoms with E-state index in [9.17, 15) is 4.79 Å². The van der Waals surface area contributed by atoms with E-state index in [1.54, 1.807) is 12.0 Å². The highest BCUT2D eigenvalue weighted by molar-refractivity contribution is 5.96. The fourth-order valence-electron chi connectivity index (χ4n) is 2.57. The van der Waals surface area contributed by atoms with Crippen molar-refractivity contribution in [3.63, 3.8) is 0 Å². The van der Waals surface area contributed by atoms with E-state index in [4.69, 9.17) is 9.26 Å². The molecule has 1 heterocycles. The monoisotopic (exact) mass is 310 g/mol. The van der Waals surface area contributed by atoms with E-state index in [1.165, 1.54) is 0 Å². The van der Waals surface area contributed by atoms with Gasteiger partial charge in [0.2, 0.25) is 5.91 Å². The molecule has 1 aromatic heterocycles. The zero-order valence-electron chi connectivity index (χ0n) is 13.2. The molecular weight excluding hydrogens is 292 g/mol. The van der Waals surface area contributed by atoms with Crippen molar-refractivity contribution in [1.82, 2.24) is 5.16 Å². The Morgan fingerprint density at radius 3 is 2.61 bits per heavy atom. The van der Waals surface area contributed by atoms with Gasteiger partial charge < -0.3 is 14.2 Å². The standard InChI is InChI=1S/C18H18N2O3/c1-3-20(13-8-10-14(22-2)11-9-13)18(21)12-16-15-6-4-5-7-17(15)23-19-16/h4-11H,3,12H2,1-2H3. The van der Waals surface area contributed by atoms with Crippen molar-refractivity contribution in [2.75, 3.05) is 18.6 Å². The molecular formula is C18H18N2O3. The van der Waals surface area contributed by atoms with Crippen LogP contribution < -0.4 is 9.64 Å². The van der Waals surface area contributed by atoms with Gasteiger partial charge in [0.25, 0.3) is 0 Å². The van der Waals surface area contributed by atoms with Crippen LogP contribution in [0.4, 0.5) is 5.69 Å².